The zero-order chi connectivity index (χ0) is 15.1. The summed E-state index contributed by atoms with van der Waals surface area (Å²) in [5.41, 5.74) is 5.58. The molecule has 0 unspecified atom stereocenters. The van der Waals surface area contributed by atoms with Crippen LogP contribution in [0.1, 0.15) is 40.0 Å². The number of nitrogens with two attached hydrogens (primary N) is 1. The SMILES string of the molecule is COC(=O)[C@H]1[C@@H](N)[C@H]2CCC[C@H]2N1C(=O)OC(C)(C)C. The second kappa shape index (κ2) is 5.24. The van der Waals surface area contributed by atoms with Crippen LogP contribution in [0.5, 0.6) is 0 Å². The maximum absolute atomic E-state index is 12.4. The Labute approximate surface area is 119 Å². The summed E-state index contributed by atoms with van der Waals surface area (Å²) in [6.07, 6.45) is 2.36. The Hall–Kier alpha value is -1.30. The predicted molar refractivity (Wildman–Crippen MR) is 73.0 cm³/mol. The summed E-state index contributed by atoms with van der Waals surface area (Å²) < 4.78 is 10.2. The van der Waals surface area contributed by atoms with E-state index in [1.54, 1.807) is 20.8 Å². The van der Waals surface area contributed by atoms with E-state index in [-0.39, 0.29) is 18.0 Å². The number of rotatable bonds is 1. The second-order valence-corrected chi connectivity index (χ2v) is 6.60. The van der Waals surface area contributed by atoms with Crippen molar-refractivity contribution in [3.63, 3.8) is 0 Å². The summed E-state index contributed by atoms with van der Waals surface area (Å²) >= 11 is 0. The van der Waals surface area contributed by atoms with Gasteiger partial charge in [0.1, 0.15) is 11.6 Å². The zero-order valence-electron chi connectivity index (χ0n) is 12.6. The van der Waals surface area contributed by atoms with Crippen LogP contribution < -0.4 is 5.73 Å². The minimum Gasteiger partial charge on any atom is -0.467 e. The van der Waals surface area contributed by atoms with Crippen molar-refractivity contribution >= 4 is 12.1 Å². The van der Waals surface area contributed by atoms with E-state index in [1.165, 1.54) is 12.0 Å². The fourth-order valence-corrected chi connectivity index (χ4v) is 3.34. The number of likely N-dealkylation sites (tertiary alicyclic amines) is 1. The Morgan fingerprint density at radius 2 is 1.90 bits per heavy atom. The lowest BCUT2D eigenvalue weighted by molar-refractivity contribution is -0.146. The summed E-state index contributed by atoms with van der Waals surface area (Å²) in [6, 6.07) is -1.11. The maximum atomic E-state index is 12.4. The van der Waals surface area contributed by atoms with E-state index in [0.29, 0.717) is 0 Å². The normalized spacial score (nSPS) is 33.0. The molecule has 1 aliphatic heterocycles. The molecule has 2 aliphatic rings. The smallest absolute Gasteiger partial charge is 0.411 e. The number of hydrogen-bond acceptors (Lipinski definition) is 5. The summed E-state index contributed by atoms with van der Waals surface area (Å²) in [7, 11) is 1.32. The first kappa shape index (κ1) is 15.1. The van der Waals surface area contributed by atoms with Crippen molar-refractivity contribution in [3.8, 4) is 0 Å². The maximum Gasteiger partial charge on any atom is 0.411 e. The third-order valence-electron chi connectivity index (χ3n) is 4.09. The molecule has 1 heterocycles. The van der Waals surface area contributed by atoms with Gasteiger partial charge in [0.05, 0.1) is 7.11 Å². The highest BCUT2D eigenvalue weighted by Crippen LogP contribution is 2.41. The fraction of sp³-hybridized carbons (Fsp3) is 0.857. The van der Waals surface area contributed by atoms with Crippen LogP contribution in [0.15, 0.2) is 0 Å². The number of methoxy groups -OCH3 is 1. The largest absolute Gasteiger partial charge is 0.467 e. The van der Waals surface area contributed by atoms with Gasteiger partial charge in [0.15, 0.2) is 0 Å². The van der Waals surface area contributed by atoms with E-state index < -0.39 is 23.7 Å². The highest BCUT2D eigenvalue weighted by molar-refractivity contribution is 5.83. The van der Waals surface area contributed by atoms with Gasteiger partial charge < -0.3 is 15.2 Å². The highest BCUT2D eigenvalue weighted by atomic mass is 16.6. The average Bonchev–Trinajstić information content (AvgIpc) is 2.88. The quantitative estimate of drug-likeness (QED) is 0.733. The van der Waals surface area contributed by atoms with Crippen molar-refractivity contribution in [2.24, 2.45) is 11.7 Å². The Bertz CT molecular complexity index is 404. The molecule has 0 radical (unpaired) electrons. The first-order valence-electron chi connectivity index (χ1n) is 7.11. The molecule has 1 saturated heterocycles. The number of carbonyl (C=O) groups is 2. The van der Waals surface area contributed by atoms with E-state index in [4.69, 9.17) is 15.2 Å². The van der Waals surface area contributed by atoms with Gasteiger partial charge in [-0.25, -0.2) is 9.59 Å². The molecule has 114 valence electrons. The molecule has 1 amide bonds. The first-order chi connectivity index (χ1) is 9.26. The Morgan fingerprint density at radius 3 is 2.45 bits per heavy atom. The monoisotopic (exact) mass is 284 g/mol. The molecule has 1 saturated carbocycles. The van der Waals surface area contributed by atoms with Crippen molar-refractivity contribution in [1.29, 1.82) is 0 Å². The van der Waals surface area contributed by atoms with Gasteiger partial charge in [-0.15, -0.1) is 0 Å². The number of hydrogen-bond donors (Lipinski definition) is 1. The van der Waals surface area contributed by atoms with Crippen LogP contribution in [0.25, 0.3) is 0 Å². The van der Waals surface area contributed by atoms with Crippen molar-refractivity contribution in [2.45, 2.75) is 63.8 Å². The van der Waals surface area contributed by atoms with Crippen LogP contribution in [0, 0.1) is 5.92 Å². The van der Waals surface area contributed by atoms with Crippen LogP contribution in [0.2, 0.25) is 0 Å². The topological polar surface area (TPSA) is 81.9 Å². The van der Waals surface area contributed by atoms with Crippen LogP contribution >= 0.6 is 0 Å². The minimum absolute atomic E-state index is 0.0102. The Kier molecular flexibility index (Phi) is 3.95. The third kappa shape index (κ3) is 2.61. The van der Waals surface area contributed by atoms with Crippen LogP contribution in [0.4, 0.5) is 4.79 Å². The highest BCUT2D eigenvalue weighted by Gasteiger charge is 2.55. The molecule has 2 N–H and O–H groups in total. The third-order valence-corrected chi connectivity index (χ3v) is 4.09. The average molecular weight is 284 g/mol. The van der Waals surface area contributed by atoms with Gasteiger partial charge >= 0.3 is 12.1 Å². The van der Waals surface area contributed by atoms with Gasteiger partial charge in [-0.1, -0.05) is 6.42 Å². The van der Waals surface area contributed by atoms with Crippen molar-refractivity contribution < 1.29 is 19.1 Å². The van der Waals surface area contributed by atoms with E-state index in [0.717, 1.165) is 19.3 Å². The molecular formula is C14H24N2O4. The number of amides is 1. The van der Waals surface area contributed by atoms with E-state index in [9.17, 15) is 9.59 Å². The Morgan fingerprint density at radius 1 is 1.25 bits per heavy atom. The van der Waals surface area contributed by atoms with Crippen LogP contribution in [-0.2, 0) is 14.3 Å². The number of fused-ring (bicyclic) bond motifs is 1. The number of nitrogens with zero attached hydrogens (tertiary/aromatic N) is 1. The molecule has 6 nitrogen and oxygen atoms in total. The lowest BCUT2D eigenvalue weighted by Gasteiger charge is -2.31. The summed E-state index contributed by atoms with van der Waals surface area (Å²) in [5.74, 6) is -0.302. The number of esters is 1. The summed E-state index contributed by atoms with van der Waals surface area (Å²) in [6.45, 7) is 5.42. The van der Waals surface area contributed by atoms with E-state index in [1.807, 2.05) is 0 Å². The van der Waals surface area contributed by atoms with Gasteiger partial charge in [0.2, 0.25) is 0 Å². The zero-order valence-corrected chi connectivity index (χ0v) is 12.6. The fourth-order valence-electron chi connectivity index (χ4n) is 3.34. The molecule has 0 spiro atoms. The summed E-state index contributed by atoms with van der Waals surface area (Å²) in [4.78, 5) is 25.9. The van der Waals surface area contributed by atoms with E-state index in [2.05, 4.69) is 0 Å². The molecule has 0 bridgehead atoms. The van der Waals surface area contributed by atoms with Crippen molar-refractivity contribution in [1.82, 2.24) is 4.90 Å². The van der Waals surface area contributed by atoms with Crippen LogP contribution in [-0.4, -0.2) is 47.8 Å². The standard InChI is InChI=1S/C14H24N2O4/c1-14(2,3)20-13(18)16-9-7-5-6-8(9)10(15)11(16)12(17)19-4/h8-11H,5-7,15H2,1-4H3/t8-,9+,10-,11+/m0/s1. The summed E-state index contributed by atoms with van der Waals surface area (Å²) in [5, 5.41) is 0. The van der Waals surface area contributed by atoms with Gasteiger partial charge in [0, 0.05) is 12.1 Å². The lowest BCUT2D eigenvalue weighted by Crippen LogP contribution is -2.51. The van der Waals surface area contributed by atoms with Gasteiger partial charge in [0.25, 0.3) is 0 Å². The molecule has 2 rings (SSSR count). The molecular weight excluding hydrogens is 260 g/mol. The molecule has 4 atom stereocenters. The molecule has 6 heteroatoms. The van der Waals surface area contributed by atoms with Gasteiger partial charge in [-0.05, 0) is 39.5 Å². The predicted octanol–water partition coefficient (Wildman–Crippen LogP) is 1.27. The first-order valence-corrected chi connectivity index (χ1v) is 7.11. The van der Waals surface area contributed by atoms with Crippen molar-refractivity contribution in [3.05, 3.63) is 0 Å². The lowest BCUT2D eigenvalue weighted by atomic mass is 9.96. The van der Waals surface area contributed by atoms with E-state index >= 15 is 0 Å². The van der Waals surface area contributed by atoms with Crippen molar-refractivity contribution in [2.75, 3.05) is 7.11 Å². The van der Waals surface area contributed by atoms with Gasteiger partial charge in [-0.3, -0.25) is 4.90 Å². The molecule has 20 heavy (non-hydrogen) atoms. The Balaban J connectivity index is 2.25. The number of ether oxygens (including phenoxy) is 2. The number of carbonyl (C=O) groups excluding carboxylic acids is 2. The molecule has 2 fully saturated rings. The van der Waals surface area contributed by atoms with Gasteiger partial charge in [-0.2, -0.15) is 0 Å². The molecule has 0 aromatic rings. The second-order valence-electron chi connectivity index (χ2n) is 6.60. The van der Waals surface area contributed by atoms with Crippen LogP contribution in [0.3, 0.4) is 0 Å². The molecule has 1 aliphatic carbocycles. The minimum atomic E-state index is -0.731. The molecule has 0 aromatic carbocycles. The molecule has 0 aromatic heterocycles.